The minimum atomic E-state index is 0.723. The summed E-state index contributed by atoms with van der Waals surface area (Å²) >= 11 is 0. The highest BCUT2D eigenvalue weighted by Gasteiger charge is 2.59. The van der Waals surface area contributed by atoms with E-state index in [0.29, 0.717) is 0 Å². The van der Waals surface area contributed by atoms with E-state index in [4.69, 9.17) is 0 Å². The lowest BCUT2D eigenvalue weighted by Crippen LogP contribution is -2.58. The Hall–Kier alpha value is 0. The van der Waals surface area contributed by atoms with Gasteiger partial charge in [-0.05, 0) is 66.6 Å². The zero-order valence-corrected chi connectivity index (χ0v) is 12.8. The molecule has 0 N–H and O–H groups in total. The zero-order valence-electron chi connectivity index (χ0n) is 12.8. The van der Waals surface area contributed by atoms with Crippen LogP contribution in [-0.4, -0.2) is 0 Å². The van der Waals surface area contributed by atoms with Gasteiger partial charge in [-0.3, -0.25) is 0 Å². The highest BCUT2D eigenvalue weighted by molar-refractivity contribution is 5.08. The van der Waals surface area contributed by atoms with E-state index in [2.05, 4.69) is 41.5 Å². The first kappa shape index (κ1) is 13.4. The summed E-state index contributed by atoms with van der Waals surface area (Å²) in [5, 5.41) is 0. The molecule has 0 aromatic carbocycles. The summed E-state index contributed by atoms with van der Waals surface area (Å²) in [5.41, 5.74) is 0.723. The number of fused-ring (bicyclic) bond motifs is 2. The Morgan fingerprint density at radius 2 is 1.71 bits per heavy atom. The van der Waals surface area contributed by atoms with Gasteiger partial charge in [-0.25, -0.2) is 0 Å². The second-order valence-electron chi connectivity index (χ2n) is 7.87. The third-order valence-corrected chi connectivity index (χ3v) is 6.32. The summed E-state index contributed by atoms with van der Waals surface area (Å²) in [6.45, 7) is 14.7. The van der Waals surface area contributed by atoms with Crippen LogP contribution in [0, 0.1) is 40.9 Å². The fourth-order valence-corrected chi connectivity index (χ4v) is 5.09. The molecule has 0 nitrogen and oxygen atoms in total. The first-order valence-electron chi connectivity index (χ1n) is 7.88. The summed E-state index contributed by atoms with van der Waals surface area (Å²) in [5.74, 6) is 5.73. The predicted molar refractivity (Wildman–Crippen MR) is 75.9 cm³/mol. The Balaban J connectivity index is 2.14. The average Bonchev–Trinajstić information content (AvgIpc) is 2.18. The average molecular weight is 236 g/mol. The minimum absolute atomic E-state index is 0.723. The van der Waals surface area contributed by atoms with Crippen LogP contribution in [0.5, 0.6) is 0 Å². The Labute approximate surface area is 109 Å². The summed E-state index contributed by atoms with van der Waals surface area (Å²) in [6, 6.07) is 0. The first-order chi connectivity index (χ1) is 7.88. The van der Waals surface area contributed by atoms with E-state index in [1.54, 1.807) is 6.42 Å². The Bertz CT molecular complexity index is 265. The van der Waals surface area contributed by atoms with Gasteiger partial charge in [0.15, 0.2) is 0 Å². The monoisotopic (exact) mass is 236 g/mol. The molecule has 3 rings (SSSR count). The van der Waals surface area contributed by atoms with Crippen LogP contribution < -0.4 is 0 Å². The Kier molecular flexibility index (Phi) is 3.63. The molecule has 5 atom stereocenters. The Morgan fingerprint density at radius 1 is 1.06 bits per heavy atom. The lowest BCUT2D eigenvalue weighted by Gasteiger charge is -2.65. The topological polar surface area (TPSA) is 0 Å². The normalized spacial score (nSPS) is 42.7. The van der Waals surface area contributed by atoms with Crippen LogP contribution in [0.15, 0.2) is 0 Å². The van der Waals surface area contributed by atoms with Crippen molar-refractivity contribution >= 4 is 0 Å². The SMILES string of the molecule is CC(C)C(C)CC12CC(CCC1C)C2C(C)C. The quantitative estimate of drug-likeness (QED) is 0.615. The van der Waals surface area contributed by atoms with Gasteiger partial charge >= 0.3 is 0 Å². The second-order valence-corrected chi connectivity index (χ2v) is 7.87. The minimum Gasteiger partial charge on any atom is -0.0625 e. The molecular formula is C17H32. The zero-order chi connectivity index (χ0) is 12.8. The maximum atomic E-state index is 2.54. The van der Waals surface area contributed by atoms with Gasteiger partial charge in [0.2, 0.25) is 0 Å². The lowest BCUT2D eigenvalue weighted by atomic mass is 9.39. The molecular weight excluding hydrogens is 204 g/mol. The molecule has 0 heterocycles. The molecule has 0 radical (unpaired) electrons. The highest BCUT2D eigenvalue weighted by Crippen LogP contribution is 2.67. The van der Waals surface area contributed by atoms with Gasteiger partial charge in [0.05, 0.1) is 0 Å². The second kappa shape index (κ2) is 4.59. The third kappa shape index (κ3) is 2.06. The van der Waals surface area contributed by atoms with E-state index in [-0.39, 0.29) is 0 Å². The molecule has 2 bridgehead atoms. The largest absolute Gasteiger partial charge is 0.0625 e. The van der Waals surface area contributed by atoms with E-state index < -0.39 is 0 Å². The van der Waals surface area contributed by atoms with Crippen molar-refractivity contribution in [1.29, 1.82) is 0 Å². The van der Waals surface area contributed by atoms with Crippen molar-refractivity contribution in [2.75, 3.05) is 0 Å². The number of rotatable bonds is 4. The van der Waals surface area contributed by atoms with Gasteiger partial charge in [-0.1, -0.05) is 41.5 Å². The van der Waals surface area contributed by atoms with Crippen LogP contribution in [0.4, 0.5) is 0 Å². The third-order valence-electron chi connectivity index (χ3n) is 6.32. The number of hydrogen-bond donors (Lipinski definition) is 0. The van der Waals surface area contributed by atoms with Crippen LogP contribution in [0.3, 0.4) is 0 Å². The van der Waals surface area contributed by atoms with E-state index >= 15 is 0 Å². The van der Waals surface area contributed by atoms with Crippen molar-refractivity contribution in [2.24, 2.45) is 40.9 Å². The molecule has 17 heavy (non-hydrogen) atoms. The lowest BCUT2D eigenvalue weighted by molar-refractivity contribution is -0.166. The molecule has 3 aliphatic carbocycles. The van der Waals surface area contributed by atoms with E-state index in [9.17, 15) is 0 Å². The molecule has 0 heteroatoms. The van der Waals surface area contributed by atoms with Crippen LogP contribution >= 0.6 is 0 Å². The van der Waals surface area contributed by atoms with Crippen molar-refractivity contribution in [1.82, 2.24) is 0 Å². The van der Waals surface area contributed by atoms with Crippen molar-refractivity contribution in [3.63, 3.8) is 0 Å². The molecule has 0 amide bonds. The molecule has 3 aliphatic rings. The highest BCUT2D eigenvalue weighted by atomic mass is 14.6. The van der Waals surface area contributed by atoms with E-state index in [0.717, 1.165) is 40.9 Å². The molecule has 0 aromatic heterocycles. The fourth-order valence-electron chi connectivity index (χ4n) is 5.09. The van der Waals surface area contributed by atoms with Crippen molar-refractivity contribution in [3.8, 4) is 0 Å². The summed E-state index contributed by atoms with van der Waals surface area (Å²) in [4.78, 5) is 0. The molecule has 3 fully saturated rings. The van der Waals surface area contributed by atoms with Gasteiger partial charge in [-0.15, -0.1) is 0 Å². The van der Waals surface area contributed by atoms with Crippen LogP contribution in [0.25, 0.3) is 0 Å². The van der Waals surface area contributed by atoms with Crippen LogP contribution in [0.1, 0.15) is 67.2 Å². The van der Waals surface area contributed by atoms with Crippen LogP contribution in [0.2, 0.25) is 0 Å². The van der Waals surface area contributed by atoms with Gasteiger partial charge in [0.25, 0.3) is 0 Å². The van der Waals surface area contributed by atoms with Gasteiger partial charge in [0, 0.05) is 0 Å². The smallest absolute Gasteiger partial charge is 0.0233 e. The molecule has 0 aromatic rings. The summed E-state index contributed by atoms with van der Waals surface area (Å²) in [7, 11) is 0. The molecule has 3 saturated carbocycles. The maximum Gasteiger partial charge on any atom is -0.0233 e. The first-order valence-corrected chi connectivity index (χ1v) is 7.88. The van der Waals surface area contributed by atoms with Crippen LogP contribution in [-0.2, 0) is 0 Å². The van der Waals surface area contributed by atoms with Crippen molar-refractivity contribution in [2.45, 2.75) is 67.2 Å². The summed E-state index contributed by atoms with van der Waals surface area (Å²) < 4.78 is 0. The molecule has 0 aliphatic heterocycles. The van der Waals surface area contributed by atoms with Gasteiger partial charge in [-0.2, -0.15) is 0 Å². The predicted octanol–water partition coefficient (Wildman–Crippen LogP) is 5.38. The van der Waals surface area contributed by atoms with Gasteiger partial charge in [0.1, 0.15) is 0 Å². The molecule has 0 saturated heterocycles. The summed E-state index contributed by atoms with van der Waals surface area (Å²) in [6.07, 6.45) is 6.06. The van der Waals surface area contributed by atoms with E-state index in [1.165, 1.54) is 19.3 Å². The van der Waals surface area contributed by atoms with Crippen molar-refractivity contribution in [3.05, 3.63) is 0 Å². The van der Waals surface area contributed by atoms with E-state index in [1.807, 2.05) is 0 Å². The van der Waals surface area contributed by atoms with Gasteiger partial charge < -0.3 is 0 Å². The Morgan fingerprint density at radius 3 is 2.18 bits per heavy atom. The fraction of sp³-hybridized carbons (Fsp3) is 1.00. The molecule has 0 spiro atoms. The standard InChI is InChI=1S/C17H32/c1-11(2)13(5)9-17-10-15(8-7-14(17)6)16(17)12(3)4/h11-16H,7-10H2,1-6H3. The molecule has 100 valence electrons. The number of hydrogen-bond acceptors (Lipinski definition) is 0. The maximum absolute atomic E-state index is 2.54. The molecule has 5 unspecified atom stereocenters. The van der Waals surface area contributed by atoms with Crippen molar-refractivity contribution < 1.29 is 0 Å².